The highest BCUT2D eigenvalue weighted by Gasteiger charge is 2.24. The maximum atomic E-state index is 10.4. The third-order valence-electron chi connectivity index (χ3n) is 2.56. The van der Waals surface area contributed by atoms with Gasteiger partial charge >= 0.3 is 0 Å². The summed E-state index contributed by atoms with van der Waals surface area (Å²) in [4.78, 5) is 0. The van der Waals surface area contributed by atoms with Gasteiger partial charge in [-0.3, -0.25) is 0 Å². The number of nitrogens with zero attached hydrogens (tertiary/aromatic N) is 4. The van der Waals surface area contributed by atoms with Crippen LogP contribution < -0.4 is 0 Å². The highest BCUT2D eigenvalue weighted by atomic mass is 16.3. The molecule has 0 fully saturated rings. The van der Waals surface area contributed by atoms with Crippen LogP contribution >= 0.6 is 0 Å². The van der Waals surface area contributed by atoms with Gasteiger partial charge in [0.2, 0.25) is 0 Å². The zero-order chi connectivity index (χ0) is 11.6. The Morgan fingerprint density at radius 1 is 1.31 bits per heavy atom. The van der Waals surface area contributed by atoms with Gasteiger partial charge in [0, 0.05) is 0 Å². The molecule has 1 heterocycles. The SMILES string of the molecule is Cc1nnnn1C[C@@](C)(O)c1ccccc1. The summed E-state index contributed by atoms with van der Waals surface area (Å²) in [5.74, 6) is 0.691. The van der Waals surface area contributed by atoms with Crippen molar-refractivity contribution in [2.75, 3.05) is 0 Å². The molecule has 0 amide bonds. The Balaban J connectivity index is 2.24. The first-order chi connectivity index (χ1) is 7.59. The molecule has 0 aliphatic heterocycles. The molecule has 5 heteroatoms. The topological polar surface area (TPSA) is 63.8 Å². The lowest BCUT2D eigenvalue weighted by molar-refractivity contribution is 0.0334. The van der Waals surface area contributed by atoms with E-state index >= 15 is 0 Å². The van der Waals surface area contributed by atoms with Crippen molar-refractivity contribution in [1.82, 2.24) is 20.2 Å². The number of tetrazole rings is 1. The Morgan fingerprint density at radius 2 is 2.00 bits per heavy atom. The fraction of sp³-hybridized carbons (Fsp3) is 0.364. The molecule has 0 saturated carbocycles. The van der Waals surface area contributed by atoms with Crippen molar-refractivity contribution in [2.45, 2.75) is 26.0 Å². The van der Waals surface area contributed by atoms with E-state index in [1.165, 1.54) is 0 Å². The molecule has 0 bridgehead atoms. The van der Waals surface area contributed by atoms with Gasteiger partial charge in [0.25, 0.3) is 0 Å². The van der Waals surface area contributed by atoms with Gasteiger partial charge in [0.15, 0.2) is 0 Å². The number of aromatic nitrogens is 4. The van der Waals surface area contributed by atoms with E-state index in [1.807, 2.05) is 30.3 Å². The van der Waals surface area contributed by atoms with Crippen LogP contribution in [0.4, 0.5) is 0 Å². The minimum absolute atomic E-state index is 0.343. The molecule has 84 valence electrons. The van der Waals surface area contributed by atoms with Gasteiger partial charge in [-0.2, -0.15) is 0 Å². The third-order valence-corrected chi connectivity index (χ3v) is 2.56. The molecule has 0 radical (unpaired) electrons. The van der Waals surface area contributed by atoms with Crippen LogP contribution in [0.3, 0.4) is 0 Å². The minimum atomic E-state index is -0.971. The summed E-state index contributed by atoms with van der Waals surface area (Å²) >= 11 is 0. The van der Waals surface area contributed by atoms with Gasteiger partial charge < -0.3 is 5.11 Å². The molecule has 2 rings (SSSR count). The normalized spacial score (nSPS) is 14.7. The monoisotopic (exact) mass is 218 g/mol. The fourth-order valence-corrected chi connectivity index (χ4v) is 1.58. The number of aryl methyl sites for hydroxylation is 1. The predicted octanol–water partition coefficient (Wildman–Crippen LogP) is 0.889. The van der Waals surface area contributed by atoms with Crippen LogP contribution in [0.2, 0.25) is 0 Å². The van der Waals surface area contributed by atoms with E-state index < -0.39 is 5.60 Å². The van der Waals surface area contributed by atoms with Crippen LogP contribution in [-0.2, 0) is 12.1 Å². The van der Waals surface area contributed by atoms with Gasteiger partial charge in [-0.05, 0) is 29.8 Å². The van der Waals surface area contributed by atoms with Crippen molar-refractivity contribution in [3.63, 3.8) is 0 Å². The molecule has 2 aromatic rings. The summed E-state index contributed by atoms with van der Waals surface area (Å²) in [6.45, 7) is 3.90. The Hall–Kier alpha value is -1.75. The van der Waals surface area contributed by atoms with Crippen molar-refractivity contribution < 1.29 is 5.11 Å². The molecule has 16 heavy (non-hydrogen) atoms. The standard InChI is InChI=1S/C11H14N4O/c1-9-12-13-14-15(9)8-11(2,16)10-6-4-3-5-7-10/h3-7,16H,8H2,1-2H3/t11-/m1/s1. The second-order valence-electron chi connectivity index (χ2n) is 4.02. The van der Waals surface area contributed by atoms with Gasteiger partial charge in [-0.1, -0.05) is 30.3 Å². The van der Waals surface area contributed by atoms with Crippen molar-refractivity contribution in [1.29, 1.82) is 0 Å². The minimum Gasteiger partial charge on any atom is -0.384 e. The Morgan fingerprint density at radius 3 is 2.56 bits per heavy atom. The molecular formula is C11H14N4O. The molecule has 0 spiro atoms. The molecule has 1 atom stereocenters. The predicted molar refractivity (Wildman–Crippen MR) is 58.6 cm³/mol. The average molecular weight is 218 g/mol. The summed E-state index contributed by atoms with van der Waals surface area (Å²) in [5.41, 5.74) is -0.119. The molecule has 1 aromatic heterocycles. The smallest absolute Gasteiger partial charge is 0.148 e. The molecule has 0 aliphatic rings. The zero-order valence-electron chi connectivity index (χ0n) is 9.33. The number of benzene rings is 1. The first-order valence-electron chi connectivity index (χ1n) is 5.10. The van der Waals surface area contributed by atoms with Gasteiger partial charge in [-0.15, -0.1) is 5.10 Å². The van der Waals surface area contributed by atoms with E-state index in [0.717, 1.165) is 5.56 Å². The molecular weight excluding hydrogens is 204 g/mol. The molecule has 5 nitrogen and oxygen atoms in total. The van der Waals surface area contributed by atoms with Gasteiger partial charge in [-0.25, -0.2) is 4.68 Å². The largest absolute Gasteiger partial charge is 0.384 e. The molecule has 0 saturated heterocycles. The van der Waals surface area contributed by atoms with E-state index in [9.17, 15) is 5.11 Å². The zero-order valence-corrected chi connectivity index (χ0v) is 9.33. The summed E-state index contributed by atoms with van der Waals surface area (Å²) < 4.78 is 1.59. The Labute approximate surface area is 93.7 Å². The summed E-state index contributed by atoms with van der Waals surface area (Å²) in [7, 11) is 0. The highest BCUT2D eigenvalue weighted by Crippen LogP contribution is 2.21. The lowest BCUT2D eigenvalue weighted by Gasteiger charge is -2.23. The van der Waals surface area contributed by atoms with E-state index in [4.69, 9.17) is 0 Å². The molecule has 0 unspecified atom stereocenters. The van der Waals surface area contributed by atoms with Crippen LogP contribution in [-0.4, -0.2) is 25.3 Å². The maximum absolute atomic E-state index is 10.4. The second-order valence-corrected chi connectivity index (χ2v) is 4.02. The Bertz CT molecular complexity index is 464. The summed E-state index contributed by atoms with van der Waals surface area (Å²) in [6, 6.07) is 9.49. The van der Waals surface area contributed by atoms with Crippen LogP contribution in [0.15, 0.2) is 30.3 Å². The second kappa shape index (κ2) is 4.02. The molecule has 1 aromatic carbocycles. The van der Waals surface area contributed by atoms with E-state index in [-0.39, 0.29) is 0 Å². The third kappa shape index (κ3) is 2.09. The quantitative estimate of drug-likeness (QED) is 0.831. The molecule has 0 aliphatic carbocycles. The van der Waals surface area contributed by atoms with Crippen molar-refractivity contribution in [2.24, 2.45) is 0 Å². The lowest BCUT2D eigenvalue weighted by atomic mass is 9.96. The van der Waals surface area contributed by atoms with Crippen molar-refractivity contribution >= 4 is 0 Å². The number of aliphatic hydroxyl groups is 1. The summed E-state index contributed by atoms with van der Waals surface area (Å²) in [6.07, 6.45) is 0. The van der Waals surface area contributed by atoms with E-state index in [1.54, 1.807) is 18.5 Å². The summed E-state index contributed by atoms with van der Waals surface area (Å²) in [5, 5.41) is 21.5. The van der Waals surface area contributed by atoms with Crippen LogP contribution in [0.5, 0.6) is 0 Å². The van der Waals surface area contributed by atoms with Crippen molar-refractivity contribution in [3.05, 3.63) is 41.7 Å². The molecule has 1 N–H and O–H groups in total. The van der Waals surface area contributed by atoms with Gasteiger partial charge in [0.1, 0.15) is 11.4 Å². The van der Waals surface area contributed by atoms with Crippen LogP contribution in [0.25, 0.3) is 0 Å². The number of hydrogen-bond acceptors (Lipinski definition) is 4. The number of rotatable bonds is 3. The Kier molecular flexibility index (Phi) is 2.70. The maximum Gasteiger partial charge on any atom is 0.148 e. The van der Waals surface area contributed by atoms with Gasteiger partial charge in [0.05, 0.1) is 6.54 Å². The van der Waals surface area contributed by atoms with Crippen LogP contribution in [0, 0.1) is 6.92 Å². The highest BCUT2D eigenvalue weighted by molar-refractivity contribution is 5.21. The first kappa shape index (κ1) is 10.8. The first-order valence-corrected chi connectivity index (χ1v) is 5.10. The van der Waals surface area contributed by atoms with E-state index in [0.29, 0.717) is 12.4 Å². The lowest BCUT2D eigenvalue weighted by Crippen LogP contribution is -2.28. The fourth-order valence-electron chi connectivity index (χ4n) is 1.58. The number of hydrogen-bond donors (Lipinski definition) is 1. The average Bonchev–Trinajstić information content (AvgIpc) is 2.65. The van der Waals surface area contributed by atoms with E-state index in [2.05, 4.69) is 15.5 Å². The van der Waals surface area contributed by atoms with Crippen molar-refractivity contribution in [3.8, 4) is 0 Å². The van der Waals surface area contributed by atoms with Crippen LogP contribution in [0.1, 0.15) is 18.3 Å².